The number of benzene rings is 1. The lowest BCUT2D eigenvalue weighted by Gasteiger charge is -2.46. The number of aromatic nitrogens is 1. The summed E-state index contributed by atoms with van der Waals surface area (Å²) in [6.07, 6.45) is 20.8. The van der Waals surface area contributed by atoms with Gasteiger partial charge in [-0.05, 0) is 85.5 Å². The number of nitrogens with zero attached hydrogens (tertiary/aromatic N) is 1. The van der Waals surface area contributed by atoms with Gasteiger partial charge in [0.05, 0.1) is 5.52 Å². The molecule has 5 rings (SSSR count). The second-order valence-corrected chi connectivity index (χ2v) is 11.6. The summed E-state index contributed by atoms with van der Waals surface area (Å²) >= 11 is 2.78. The van der Waals surface area contributed by atoms with E-state index in [1.807, 2.05) is 11.8 Å². The van der Waals surface area contributed by atoms with Crippen LogP contribution in [0.1, 0.15) is 64.4 Å². The predicted octanol–water partition coefficient (Wildman–Crippen LogP) is 8.30. The summed E-state index contributed by atoms with van der Waals surface area (Å²) in [5.41, 5.74) is 6.33. The third kappa shape index (κ3) is 3.21. The number of hydrogen-bond donors (Lipinski definition) is 0. The Hall–Kier alpha value is -1.42. The fourth-order valence-electron chi connectivity index (χ4n) is 6.77. The minimum absolute atomic E-state index is 0.247. The van der Waals surface area contributed by atoms with E-state index in [0.717, 1.165) is 17.4 Å². The normalized spacial score (nSPS) is 30.1. The highest BCUT2D eigenvalue weighted by molar-refractivity contribution is 14.1. The Morgan fingerprint density at radius 3 is 2.83 bits per heavy atom. The van der Waals surface area contributed by atoms with Crippen molar-refractivity contribution in [3.63, 3.8) is 0 Å². The topological polar surface area (TPSA) is 12.9 Å². The number of rotatable bonds is 4. The Kier molecular flexibility index (Phi) is 5.41. The highest BCUT2D eigenvalue weighted by Crippen LogP contribution is 2.64. The molecule has 1 aromatic carbocycles. The Bertz CT molecular complexity index is 1040. The zero-order valence-electron chi connectivity index (χ0n) is 18.2. The van der Waals surface area contributed by atoms with E-state index in [2.05, 4.69) is 96.1 Å². The fourth-order valence-corrected chi connectivity index (χ4v) is 7.73. The lowest BCUT2D eigenvalue weighted by Crippen LogP contribution is -2.39. The lowest BCUT2D eigenvalue weighted by molar-refractivity contribution is 0.126. The van der Waals surface area contributed by atoms with Gasteiger partial charge in [-0.3, -0.25) is 4.98 Å². The van der Waals surface area contributed by atoms with Gasteiger partial charge < -0.3 is 0 Å². The highest BCUT2D eigenvalue weighted by Gasteiger charge is 2.54. The molecule has 2 aromatic rings. The number of alkyl halides is 1. The quantitative estimate of drug-likeness (QED) is 0.298. The molecule has 30 heavy (non-hydrogen) atoms. The minimum atomic E-state index is 0.247. The zero-order chi connectivity index (χ0) is 20.8. The molecule has 156 valence electrons. The molecule has 2 heteroatoms. The first-order valence-corrected chi connectivity index (χ1v) is 12.8. The predicted molar refractivity (Wildman–Crippen MR) is 137 cm³/mol. The van der Waals surface area contributed by atoms with Crippen LogP contribution in [0.2, 0.25) is 0 Å². The van der Waals surface area contributed by atoms with Crippen molar-refractivity contribution in [1.29, 1.82) is 0 Å². The molecule has 0 amide bonds. The molecule has 3 aliphatic rings. The van der Waals surface area contributed by atoms with E-state index in [0.29, 0.717) is 5.41 Å². The first kappa shape index (κ1) is 20.5. The average molecular weight is 509 g/mol. The van der Waals surface area contributed by atoms with Crippen LogP contribution in [0.15, 0.2) is 65.9 Å². The van der Waals surface area contributed by atoms with Gasteiger partial charge in [-0.25, -0.2) is 0 Å². The summed E-state index contributed by atoms with van der Waals surface area (Å²) in [4.78, 5) is 4.53. The second kappa shape index (κ2) is 7.93. The summed E-state index contributed by atoms with van der Waals surface area (Å²) < 4.78 is 0.247. The molecule has 1 saturated carbocycles. The fraction of sp³-hybridized carbons (Fsp3) is 0.464. The molecular formula is C28H32IN. The van der Waals surface area contributed by atoms with E-state index in [4.69, 9.17) is 0 Å². The summed E-state index contributed by atoms with van der Waals surface area (Å²) in [5, 5.41) is 1.25. The van der Waals surface area contributed by atoms with Gasteiger partial charge in [-0.2, -0.15) is 0 Å². The maximum Gasteiger partial charge on any atom is 0.0707 e. The van der Waals surface area contributed by atoms with E-state index in [-0.39, 0.29) is 3.42 Å². The van der Waals surface area contributed by atoms with Gasteiger partial charge >= 0.3 is 0 Å². The highest BCUT2D eigenvalue weighted by atomic mass is 127. The minimum Gasteiger partial charge on any atom is -0.256 e. The van der Waals surface area contributed by atoms with Crippen LogP contribution >= 0.6 is 22.6 Å². The second-order valence-electron chi connectivity index (χ2n) is 9.48. The van der Waals surface area contributed by atoms with Crippen molar-refractivity contribution in [2.24, 2.45) is 17.3 Å². The van der Waals surface area contributed by atoms with Crippen LogP contribution in [0, 0.1) is 17.3 Å². The van der Waals surface area contributed by atoms with Gasteiger partial charge in [0, 0.05) is 15.0 Å². The van der Waals surface area contributed by atoms with Gasteiger partial charge in [-0.1, -0.05) is 84.5 Å². The molecule has 0 radical (unpaired) electrons. The Morgan fingerprint density at radius 2 is 2.00 bits per heavy atom. The molecule has 0 saturated heterocycles. The molecule has 1 fully saturated rings. The number of fused-ring (bicyclic) bond motifs is 3. The number of halogens is 1. The number of hydrogen-bond acceptors (Lipinski definition) is 1. The summed E-state index contributed by atoms with van der Waals surface area (Å²) in [7, 11) is 0. The van der Waals surface area contributed by atoms with E-state index < -0.39 is 0 Å². The smallest absolute Gasteiger partial charge is 0.0707 e. The SMILES string of the molecule is CCC1(CC)C2=C(CCC=C2)C2CCC(I)(/C=C/c3ccnc4ccccc34)CC21. The molecule has 0 aliphatic heterocycles. The van der Waals surface area contributed by atoms with Crippen molar-refractivity contribution in [3.05, 3.63) is 71.5 Å². The number of pyridine rings is 1. The molecule has 1 heterocycles. The van der Waals surface area contributed by atoms with Gasteiger partial charge in [0.2, 0.25) is 0 Å². The molecule has 1 aromatic heterocycles. The van der Waals surface area contributed by atoms with Gasteiger partial charge in [0.25, 0.3) is 0 Å². The molecule has 3 unspecified atom stereocenters. The van der Waals surface area contributed by atoms with Gasteiger partial charge in [0.1, 0.15) is 0 Å². The van der Waals surface area contributed by atoms with Crippen molar-refractivity contribution >= 4 is 39.6 Å². The Morgan fingerprint density at radius 1 is 1.17 bits per heavy atom. The molecule has 0 spiro atoms. The van der Waals surface area contributed by atoms with Crippen molar-refractivity contribution in [3.8, 4) is 0 Å². The number of para-hydroxylation sites is 1. The van der Waals surface area contributed by atoms with Gasteiger partial charge in [0.15, 0.2) is 0 Å². The standard InChI is InChI=1S/C28H32IN/c1-3-28(4-2)24-11-7-5-10-22(24)23-14-17-27(29,19-25(23)28)16-13-20-15-18-30-26-12-8-6-9-21(20)26/h6-9,11-13,15-16,18,23,25H,3-5,10,14,17,19H2,1-2H3/b16-13+. The summed E-state index contributed by atoms with van der Waals surface area (Å²) in [6.45, 7) is 4.86. The lowest BCUT2D eigenvalue weighted by atomic mass is 9.61. The molecule has 0 N–H and O–H groups in total. The van der Waals surface area contributed by atoms with Crippen LogP contribution in [0.4, 0.5) is 0 Å². The number of allylic oxidation sites excluding steroid dienone is 5. The Labute approximate surface area is 194 Å². The van der Waals surface area contributed by atoms with Crippen molar-refractivity contribution in [2.75, 3.05) is 0 Å². The van der Waals surface area contributed by atoms with Crippen molar-refractivity contribution < 1.29 is 0 Å². The third-order valence-corrected chi connectivity index (χ3v) is 9.67. The van der Waals surface area contributed by atoms with Crippen LogP contribution in [0.5, 0.6) is 0 Å². The van der Waals surface area contributed by atoms with Crippen LogP contribution in [-0.2, 0) is 0 Å². The molecule has 1 nitrogen and oxygen atoms in total. The summed E-state index contributed by atoms with van der Waals surface area (Å²) in [5.74, 6) is 1.62. The molecule has 3 aliphatic carbocycles. The van der Waals surface area contributed by atoms with E-state index in [9.17, 15) is 0 Å². The van der Waals surface area contributed by atoms with Crippen LogP contribution < -0.4 is 0 Å². The third-order valence-electron chi connectivity index (χ3n) is 8.33. The largest absolute Gasteiger partial charge is 0.256 e. The average Bonchev–Trinajstić information content (AvgIpc) is 3.06. The monoisotopic (exact) mass is 509 g/mol. The first-order chi connectivity index (χ1) is 14.6. The van der Waals surface area contributed by atoms with E-state index >= 15 is 0 Å². The van der Waals surface area contributed by atoms with Crippen LogP contribution in [0.25, 0.3) is 17.0 Å². The van der Waals surface area contributed by atoms with Gasteiger partial charge in [-0.15, -0.1) is 0 Å². The maximum atomic E-state index is 4.53. The maximum absolute atomic E-state index is 4.53. The van der Waals surface area contributed by atoms with E-state index in [1.54, 1.807) is 5.57 Å². The summed E-state index contributed by atoms with van der Waals surface area (Å²) in [6, 6.07) is 10.7. The molecule has 0 bridgehead atoms. The zero-order valence-corrected chi connectivity index (χ0v) is 20.4. The van der Waals surface area contributed by atoms with Crippen LogP contribution in [-0.4, -0.2) is 8.41 Å². The van der Waals surface area contributed by atoms with Crippen molar-refractivity contribution in [1.82, 2.24) is 4.98 Å². The molecular weight excluding hydrogens is 477 g/mol. The first-order valence-electron chi connectivity index (χ1n) is 11.7. The Balaban J connectivity index is 1.46. The van der Waals surface area contributed by atoms with Crippen molar-refractivity contribution in [2.45, 2.75) is 62.2 Å². The van der Waals surface area contributed by atoms with E-state index in [1.165, 1.54) is 55.9 Å². The van der Waals surface area contributed by atoms with Crippen LogP contribution in [0.3, 0.4) is 0 Å². The molecule has 3 atom stereocenters.